The Balaban J connectivity index is 1.50. The van der Waals surface area contributed by atoms with Crippen LogP contribution in [-0.2, 0) is 11.8 Å². The van der Waals surface area contributed by atoms with Gasteiger partial charge in [-0.1, -0.05) is 5.16 Å². The molecule has 1 fully saturated rings. The summed E-state index contributed by atoms with van der Waals surface area (Å²) in [5, 5.41) is 16.9. The lowest BCUT2D eigenvalue weighted by Gasteiger charge is -2.30. The van der Waals surface area contributed by atoms with Crippen molar-refractivity contribution in [2.75, 3.05) is 30.3 Å². The Hall–Kier alpha value is -3.03. The first-order valence-electron chi connectivity index (χ1n) is 11.1. The van der Waals surface area contributed by atoms with E-state index >= 15 is 0 Å². The number of rotatable bonds is 3. The lowest BCUT2D eigenvalue weighted by molar-refractivity contribution is -0.653. The maximum Gasteiger partial charge on any atom is 0.237 e. The third kappa shape index (κ3) is 3.42. The number of nitrogens with two attached hydrogens (primary N) is 2. The zero-order valence-electron chi connectivity index (χ0n) is 18.3. The molecule has 0 aromatic carbocycles. The smallest absolute Gasteiger partial charge is 0.237 e. The van der Waals surface area contributed by atoms with Crippen molar-refractivity contribution in [3.05, 3.63) is 34.2 Å². The zero-order valence-corrected chi connectivity index (χ0v) is 19.2. The van der Waals surface area contributed by atoms with Gasteiger partial charge < -0.3 is 20.5 Å². The number of fused-ring (bicyclic) bond motifs is 1. The SMILES string of the molecule is C[C@H]1C[NH2+]CCCN1c1nccc(-c2noc([C@@]3(C)CCCc4sc(N)c(C#N)c43)n2)n1. The first-order valence-corrected chi connectivity index (χ1v) is 11.9. The van der Waals surface area contributed by atoms with E-state index in [0.717, 1.165) is 55.8 Å². The molecular weight excluding hydrogens is 424 g/mol. The van der Waals surface area contributed by atoms with E-state index in [2.05, 4.69) is 40.3 Å². The number of nitrogen functional groups attached to an aromatic ring is 1. The first kappa shape index (κ1) is 20.8. The molecule has 1 aliphatic heterocycles. The van der Waals surface area contributed by atoms with Crippen LogP contribution in [0.3, 0.4) is 0 Å². The number of quaternary nitrogens is 1. The van der Waals surface area contributed by atoms with E-state index in [-0.39, 0.29) is 0 Å². The summed E-state index contributed by atoms with van der Waals surface area (Å²) in [5.74, 6) is 1.63. The van der Waals surface area contributed by atoms with E-state index in [1.54, 1.807) is 6.20 Å². The second-order valence-corrected chi connectivity index (χ2v) is 9.95. The van der Waals surface area contributed by atoms with Gasteiger partial charge in [0.15, 0.2) is 0 Å². The monoisotopic (exact) mass is 451 g/mol. The predicted molar refractivity (Wildman–Crippen MR) is 121 cm³/mol. The molecule has 3 aromatic heterocycles. The lowest BCUT2D eigenvalue weighted by atomic mass is 9.72. The standard InChI is InChI=1S/C22H26N8OS/c1-13-12-25-8-4-10-30(13)21-26-9-6-15(27-21)19-28-20(31-29-19)22(2)7-3-5-16-17(22)14(11-23)18(24)32-16/h6,9,13,25H,3-5,7-8,10,12,24H2,1-2H3/p+1/t13-,22-/m0/s1. The third-order valence-electron chi connectivity index (χ3n) is 6.63. The maximum atomic E-state index is 9.71. The minimum atomic E-state index is -0.539. The first-order chi connectivity index (χ1) is 15.5. The number of nitriles is 1. The van der Waals surface area contributed by atoms with Crippen molar-refractivity contribution in [2.45, 2.75) is 51.0 Å². The Labute approximate surface area is 190 Å². The summed E-state index contributed by atoms with van der Waals surface area (Å²) in [5.41, 5.74) is 7.73. The summed E-state index contributed by atoms with van der Waals surface area (Å²) >= 11 is 1.50. The van der Waals surface area contributed by atoms with Crippen molar-refractivity contribution in [3.8, 4) is 17.6 Å². The molecule has 32 heavy (non-hydrogen) atoms. The molecule has 9 nitrogen and oxygen atoms in total. The topological polar surface area (TPSA) is 134 Å². The number of aromatic nitrogens is 4. The molecule has 1 aliphatic carbocycles. The summed E-state index contributed by atoms with van der Waals surface area (Å²) in [6.45, 7) is 7.33. The molecule has 10 heteroatoms. The molecule has 3 aromatic rings. The molecule has 4 heterocycles. The van der Waals surface area contributed by atoms with Gasteiger partial charge in [0, 0.05) is 29.6 Å². The van der Waals surface area contributed by atoms with Crippen LogP contribution in [0, 0.1) is 11.3 Å². The Morgan fingerprint density at radius 3 is 3.09 bits per heavy atom. The Morgan fingerprint density at radius 1 is 1.38 bits per heavy atom. The highest BCUT2D eigenvalue weighted by Gasteiger charge is 2.43. The summed E-state index contributed by atoms with van der Waals surface area (Å²) in [6.07, 6.45) is 5.57. The van der Waals surface area contributed by atoms with Crippen molar-refractivity contribution in [1.29, 1.82) is 5.26 Å². The Kier molecular flexibility index (Phi) is 5.31. The number of thiophene rings is 1. The average molecular weight is 452 g/mol. The molecule has 0 spiro atoms. The number of anilines is 2. The third-order valence-corrected chi connectivity index (χ3v) is 7.71. The van der Waals surface area contributed by atoms with E-state index in [1.807, 2.05) is 6.07 Å². The van der Waals surface area contributed by atoms with E-state index < -0.39 is 5.41 Å². The summed E-state index contributed by atoms with van der Waals surface area (Å²) in [6, 6.07) is 4.45. The van der Waals surface area contributed by atoms with E-state index in [9.17, 15) is 5.26 Å². The number of nitrogens with zero attached hydrogens (tertiary/aromatic N) is 6. The van der Waals surface area contributed by atoms with Gasteiger partial charge in [-0.3, -0.25) is 0 Å². The van der Waals surface area contributed by atoms with Gasteiger partial charge in [-0.2, -0.15) is 10.2 Å². The van der Waals surface area contributed by atoms with Crippen molar-refractivity contribution < 1.29 is 9.84 Å². The molecule has 1 saturated heterocycles. The average Bonchev–Trinajstić information content (AvgIpc) is 3.35. The van der Waals surface area contributed by atoms with E-state index in [0.29, 0.717) is 40.0 Å². The van der Waals surface area contributed by atoms with Gasteiger partial charge in [0.1, 0.15) is 16.8 Å². The van der Waals surface area contributed by atoms with Gasteiger partial charge in [-0.15, -0.1) is 11.3 Å². The summed E-state index contributed by atoms with van der Waals surface area (Å²) in [7, 11) is 0. The van der Waals surface area contributed by atoms with Crippen LogP contribution in [0.4, 0.5) is 10.9 Å². The molecule has 0 radical (unpaired) electrons. The number of hydrogen-bond acceptors (Lipinski definition) is 9. The molecule has 166 valence electrons. The molecule has 0 unspecified atom stereocenters. The minimum absolute atomic E-state index is 0.349. The van der Waals surface area contributed by atoms with Gasteiger partial charge in [-0.25, -0.2) is 9.97 Å². The zero-order chi connectivity index (χ0) is 22.3. The number of hydrogen-bond donors (Lipinski definition) is 2. The van der Waals surface area contributed by atoms with Crippen LogP contribution >= 0.6 is 11.3 Å². The highest BCUT2D eigenvalue weighted by molar-refractivity contribution is 7.16. The van der Waals surface area contributed by atoms with Gasteiger partial charge in [0.05, 0.1) is 30.1 Å². The minimum Gasteiger partial charge on any atom is -0.389 e. The molecule has 5 rings (SSSR count). The van der Waals surface area contributed by atoms with Crippen LogP contribution < -0.4 is 16.0 Å². The highest BCUT2D eigenvalue weighted by Crippen LogP contribution is 2.48. The van der Waals surface area contributed by atoms with Gasteiger partial charge >= 0.3 is 0 Å². The van der Waals surface area contributed by atoms with Gasteiger partial charge in [-0.05, 0) is 39.2 Å². The molecule has 0 amide bonds. The Morgan fingerprint density at radius 2 is 2.25 bits per heavy atom. The van der Waals surface area contributed by atoms with Crippen LogP contribution in [0.1, 0.15) is 55.0 Å². The lowest BCUT2D eigenvalue weighted by Crippen LogP contribution is -2.86. The van der Waals surface area contributed by atoms with Crippen LogP contribution in [0.15, 0.2) is 16.8 Å². The van der Waals surface area contributed by atoms with Crippen molar-refractivity contribution in [3.63, 3.8) is 0 Å². The van der Waals surface area contributed by atoms with Crippen molar-refractivity contribution >= 4 is 22.3 Å². The summed E-state index contributed by atoms with van der Waals surface area (Å²) < 4.78 is 5.77. The summed E-state index contributed by atoms with van der Waals surface area (Å²) in [4.78, 5) is 17.4. The van der Waals surface area contributed by atoms with Crippen LogP contribution in [-0.4, -0.2) is 45.8 Å². The van der Waals surface area contributed by atoms with Crippen LogP contribution in [0.2, 0.25) is 0 Å². The van der Waals surface area contributed by atoms with E-state index in [4.69, 9.17) is 20.2 Å². The van der Waals surface area contributed by atoms with Crippen molar-refractivity contribution in [2.24, 2.45) is 0 Å². The maximum absolute atomic E-state index is 9.71. The van der Waals surface area contributed by atoms with Gasteiger partial charge in [0.25, 0.3) is 0 Å². The molecule has 2 atom stereocenters. The molecule has 4 N–H and O–H groups in total. The molecule has 0 bridgehead atoms. The van der Waals surface area contributed by atoms with Crippen LogP contribution in [0.25, 0.3) is 11.5 Å². The Bertz CT molecular complexity index is 1180. The highest BCUT2D eigenvalue weighted by atomic mass is 32.1. The number of aryl methyl sites for hydroxylation is 1. The second-order valence-electron chi connectivity index (χ2n) is 8.81. The molecule has 0 saturated carbocycles. The van der Waals surface area contributed by atoms with Gasteiger partial charge in [0.2, 0.25) is 17.7 Å². The fourth-order valence-electron chi connectivity index (χ4n) is 4.88. The molecule has 2 aliphatic rings. The van der Waals surface area contributed by atoms with Crippen molar-refractivity contribution in [1.82, 2.24) is 20.1 Å². The largest absolute Gasteiger partial charge is 0.389 e. The fourth-order valence-corrected chi connectivity index (χ4v) is 6.07. The quantitative estimate of drug-likeness (QED) is 0.616. The van der Waals surface area contributed by atoms with E-state index in [1.165, 1.54) is 11.3 Å². The van der Waals surface area contributed by atoms with Crippen LogP contribution in [0.5, 0.6) is 0 Å². The predicted octanol–water partition coefficient (Wildman–Crippen LogP) is 1.85. The normalized spacial score (nSPS) is 23.4. The second kappa shape index (κ2) is 8.15. The fraction of sp³-hybridized carbons (Fsp3) is 0.500. The molecular formula is C22H27N8OS+.